The molecule has 1 N–H and O–H groups in total. The van der Waals surface area contributed by atoms with Crippen LogP contribution in [0.25, 0.3) is 11.1 Å². The van der Waals surface area contributed by atoms with Crippen LogP contribution in [0.5, 0.6) is 0 Å². The molecule has 2 nitrogen and oxygen atoms in total. The van der Waals surface area contributed by atoms with E-state index in [1.807, 2.05) is 32.0 Å². The molecular weight excluding hydrogens is 227 g/mol. The maximum atomic E-state index is 13.6. The van der Waals surface area contributed by atoms with E-state index in [0.29, 0.717) is 12.1 Å². The number of pyridine rings is 1. The van der Waals surface area contributed by atoms with Crippen molar-refractivity contribution in [2.24, 2.45) is 0 Å². The first kappa shape index (κ1) is 12.7. The third-order valence-corrected chi connectivity index (χ3v) is 2.84. The molecule has 0 amide bonds. The SMILES string of the molecule is CCNCc1cc(-c2ccnc(C)c2)ccc1F. The Labute approximate surface area is 107 Å². The largest absolute Gasteiger partial charge is 0.313 e. The lowest BCUT2D eigenvalue weighted by Gasteiger charge is -2.08. The van der Waals surface area contributed by atoms with E-state index < -0.39 is 0 Å². The van der Waals surface area contributed by atoms with E-state index in [2.05, 4.69) is 10.3 Å². The maximum absolute atomic E-state index is 13.6. The van der Waals surface area contributed by atoms with Crippen molar-refractivity contribution in [1.29, 1.82) is 0 Å². The number of aryl methyl sites for hydroxylation is 1. The highest BCUT2D eigenvalue weighted by molar-refractivity contribution is 5.64. The van der Waals surface area contributed by atoms with E-state index in [0.717, 1.165) is 23.4 Å². The average molecular weight is 244 g/mol. The van der Waals surface area contributed by atoms with Gasteiger partial charge in [-0.2, -0.15) is 0 Å². The van der Waals surface area contributed by atoms with Gasteiger partial charge in [0.25, 0.3) is 0 Å². The fourth-order valence-corrected chi connectivity index (χ4v) is 1.87. The summed E-state index contributed by atoms with van der Waals surface area (Å²) in [4.78, 5) is 4.17. The minimum absolute atomic E-state index is 0.162. The normalized spacial score (nSPS) is 10.6. The number of nitrogens with zero attached hydrogens (tertiary/aromatic N) is 1. The van der Waals surface area contributed by atoms with Crippen LogP contribution in [0.4, 0.5) is 4.39 Å². The van der Waals surface area contributed by atoms with Crippen LogP contribution in [-0.4, -0.2) is 11.5 Å². The second-order valence-corrected chi connectivity index (χ2v) is 4.27. The molecule has 2 rings (SSSR count). The van der Waals surface area contributed by atoms with Gasteiger partial charge >= 0.3 is 0 Å². The van der Waals surface area contributed by atoms with Crippen LogP contribution in [0, 0.1) is 12.7 Å². The molecule has 0 aliphatic rings. The number of benzene rings is 1. The topological polar surface area (TPSA) is 24.9 Å². The van der Waals surface area contributed by atoms with Crippen molar-refractivity contribution in [2.45, 2.75) is 20.4 Å². The zero-order chi connectivity index (χ0) is 13.0. The van der Waals surface area contributed by atoms with Crippen molar-refractivity contribution in [3.05, 3.63) is 53.6 Å². The lowest BCUT2D eigenvalue weighted by atomic mass is 10.0. The number of rotatable bonds is 4. The summed E-state index contributed by atoms with van der Waals surface area (Å²) in [5.74, 6) is -0.162. The Morgan fingerprint density at radius 3 is 2.67 bits per heavy atom. The predicted molar refractivity (Wildman–Crippen MR) is 71.7 cm³/mol. The lowest BCUT2D eigenvalue weighted by molar-refractivity contribution is 0.593. The van der Waals surface area contributed by atoms with Gasteiger partial charge in [-0.3, -0.25) is 4.98 Å². The van der Waals surface area contributed by atoms with Gasteiger partial charge < -0.3 is 5.32 Å². The van der Waals surface area contributed by atoms with Crippen LogP contribution in [0.3, 0.4) is 0 Å². The van der Waals surface area contributed by atoms with E-state index in [4.69, 9.17) is 0 Å². The standard InChI is InChI=1S/C15H17FN2/c1-3-17-10-14-9-12(4-5-15(14)16)13-6-7-18-11(2)8-13/h4-9,17H,3,10H2,1-2H3. The van der Waals surface area contributed by atoms with Crippen LogP contribution in [0.1, 0.15) is 18.2 Å². The minimum atomic E-state index is -0.162. The molecular formula is C15H17FN2. The molecule has 0 fully saturated rings. The van der Waals surface area contributed by atoms with Crippen LogP contribution >= 0.6 is 0 Å². The summed E-state index contributed by atoms with van der Waals surface area (Å²) in [5, 5.41) is 3.14. The van der Waals surface area contributed by atoms with Gasteiger partial charge in [0.15, 0.2) is 0 Å². The van der Waals surface area contributed by atoms with E-state index >= 15 is 0 Å². The number of hydrogen-bond donors (Lipinski definition) is 1. The molecule has 0 saturated heterocycles. The molecule has 94 valence electrons. The highest BCUT2D eigenvalue weighted by Crippen LogP contribution is 2.22. The first-order valence-corrected chi connectivity index (χ1v) is 6.13. The Hall–Kier alpha value is -1.74. The first-order valence-electron chi connectivity index (χ1n) is 6.13. The van der Waals surface area contributed by atoms with Crippen LogP contribution in [0.2, 0.25) is 0 Å². The molecule has 0 aliphatic carbocycles. The molecule has 0 spiro atoms. The Morgan fingerprint density at radius 2 is 1.94 bits per heavy atom. The van der Waals surface area contributed by atoms with Crippen LogP contribution < -0.4 is 5.32 Å². The molecule has 0 aliphatic heterocycles. The van der Waals surface area contributed by atoms with Gasteiger partial charge in [-0.15, -0.1) is 0 Å². The fourth-order valence-electron chi connectivity index (χ4n) is 1.87. The summed E-state index contributed by atoms with van der Waals surface area (Å²) >= 11 is 0. The van der Waals surface area contributed by atoms with E-state index in [1.54, 1.807) is 12.3 Å². The van der Waals surface area contributed by atoms with E-state index in [1.165, 1.54) is 6.07 Å². The predicted octanol–water partition coefficient (Wildman–Crippen LogP) is 3.31. The molecule has 0 unspecified atom stereocenters. The van der Waals surface area contributed by atoms with Crippen molar-refractivity contribution in [2.75, 3.05) is 6.54 Å². The number of aromatic nitrogens is 1. The van der Waals surface area contributed by atoms with Crippen molar-refractivity contribution in [1.82, 2.24) is 10.3 Å². The Kier molecular flexibility index (Phi) is 4.05. The third-order valence-electron chi connectivity index (χ3n) is 2.84. The third kappa shape index (κ3) is 2.93. The summed E-state index contributed by atoms with van der Waals surface area (Å²) in [7, 11) is 0. The minimum Gasteiger partial charge on any atom is -0.313 e. The molecule has 0 saturated carbocycles. The monoisotopic (exact) mass is 244 g/mol. The van der Waals surface area contributed by atoms with Gasteiger partial charge in [-0.25, -0.2) is 4.39 Å². The van der Waals surface area contributed by atoms with E-state index in [-0.39, 0.29) is 5.82 Å². The van der Waals surface area contributed by atoms with Gasteiger partial charge in [-0.1, -0.05) is 13.0 Å². The van der Waals surface area contributed by atoms with Crippen LogP contribution in [-0.2, 0) is 6.54 Å². The quantitative estimate of drug-likeness (QED) is 0.892. The van der Waals surface area contributed by atoms with Crippen LogP contribution in [0.15, 0.2) is 36.5 Å². The summed E-state index contributed by atoms with van der Waals surface area (Å²) < 4.78 is 13.6. The van der Waals surface area contributed by atoms with Gasteiger partial charge in [-0.05, 0) is 48.9 Å². The fraction of sp³-hybridized carbons (Fsp3) is 0.267. The Morgan fingerprint density at radius 1 is 1.17 bits per heavy atom. The maximum Gasteiger partial charge on any atom is 0.127 e. The molecule has 1 aromatic carbocycles. The molecule has 0 bridgehead atoms. The lowest BCUT2D eigenvalue weighted by Crippen LogP contribution is -2.12. The Bertz CT molecular complexity index is 538. The smallest absolute Gasteiger partial charge is 0.127 e. The van der Waals surface area contributed by atoms with Gasteiger partial charge in [0.05, 0.1) is 0 Å². The second kappa shape index (κ2) is 5.74. The molecule has 1 aromatic heterocycles. The molecule has 1 heterocycles. The van der Waals surface area contributed by atoms with Gasteiger partial charge in [0.1, 0.15) is 5.82 Å². The first-order chi connectivity index (χ1) is 8.70. The molecule has 2 aromatic rings. The molecule has 18 heavy (non-hydrogen) atoms. The van der Waals surface area contributed by atoms with Gasteiger partial charge in [0.2, 0.25) is 0 Å². The Balaban J connectivity index is 2.34. The zero-order valence-corrected chi connectivity index (χ0v) is 10.7. The summed E-state index contributed by atoms with van der Waals surface area (Å²) in [6, 6.07) is 9.17. The van der Waals surface area contributed by atoms with Gasteiger partial charge in [0, 0.05) is 24.0 Å². The van der Waals surface area contributed by atoms with E-state index in [9.17, 15) is 4.39 Å². The molecule has 0 atom stereocenters. The summed E-state index contributed by atoms with van der Waals surface area (Å²) in [5.41, 5.74) is 3.75. The number of halogens is 1. The van der Waals surface area contributed by atoms with Crippen molar-refractivity contribution < 1.29 is 4.39 Å². The summed E-state index contributed by atoms with van der Waals surface area (Å²) in [6.07, 6.45) is 1.78. The highest BCUT2D eigenvalue weighted by atomic mass is 19.1. The highest BCUT2D eigenvalue weighted by Gasteiger charge is 2.05. The molecule has 0 radical (unpaired) electrons. The zero-order valence-electron chi connectivity index (χ0n) is 10.7. The number of nitrogens with one attached hydrogen (secondary N) is 1. The van der Waals surface area contributed by atoms with Crippen molar-refractivity contribution in [3.8, 4) is 11.1 Å². The average Bonchev–Trinajstić information content (AvgIpc) is 2.38. The molecule has 3 heteroatoms. The van der Waals surface area contributed by atoms with Crippen molar-refractivity contribution >= 4 is 0 Å². The summed E-state index contributed by atoms with van der Waals surface area (Å²) in [6.45, 7) is 5.35. The second-order valence-electron chi connectivity index (χ2n) is 4.27. The van der Waals surface area contributed by atoms with Crippen molar-refractivity contribution in [3.63, 3.8) is 0 Å². The number of hydrogen-bond acceptors (Lipinski definition) is 2.